The summed E-state index contributed by atoms with van der Waals surface area (Å²) >= 11 is 6.38. The van der Waals surface area contributed by atoms with E-state index in [1.807, 2.05) is 29.2 Å². The van der Waals surface area contributed by atoms with Gasteiger partial charge >= 0.3 is 6.03 Å². The number of anilines is 2. The minimum atomic E-state index is 0.150. The van der Waals surface area contributed by atoms with Gasteiger partial charge in [-0.2, -0.15) is 0 Å². The van der Waals surface area contributed by atoms with Gasteiger partial charge in [0.25, 0.3) is 0 Å². The Kier molecular flexibility index (Phi) is 4.67. The molecule has 2 amide bonds. The molecule has 1 aliphatic carbocycles. The van der Waals surface area contributed by atoms with Crippen molar-refractivity contribution in [3.8, 4) is 0 Å². The zero-order valence-electron chi connectivity index (χ0n) is 16.1. The summed E-state index contributed by atoms with van der Waals surface area (Å²) in [4.78, 5) is 20.1. The van der Waals surface area contributed by atoms with Crippen LogP contribution in [0.1, 0.15) is 31.2 Å². The standard InChI is InChI=1S/C23H26ClN3O/c24-20-8-2-1-6-17(20)16-19-7-5-13-26(19)23(28)27-15-14-25(18-11-12-18)21-9-3-4-10-22(21)27/h1-4,6,8-10,18-19H,5,7,11-16H2. The summed E-state index contributed by atoms with van der Waals surface area (Å²) in [5.41, 5.74) is 3.41. The second kappa shape index (κ2) is 7.32. The van der Waals surface area contributed by atoms with Crippen LogP contribution in [0, 0.1) is 0 Å². The molecule has 2 aromatic carbocycles. The van der Waals surface area contributed by atoms with Gasteiger partial charge in [0.05, 0.1) is 11.4 Å². The number of para-hydroxylation sites is 2. The maximum atomic E-state index is 13.5. The van der Waals surface area contributed by atoms with Gasteiger partial charge in [-0.1, -0.05) is 41.9 Å². The van der Waals surface area contributed by atoms with Gasteiger partial charge in [-0.25, -0.2) is 4.79 Å². The molecular weight excluding hydrogens is 370 g/mol. The summed E-state index contributed by atoms with van der Waals surface area (Å²) in [6.45, 7) is 2.52. The fourth-order valence-electron chi connectivity index (χ4n) is 4.72. The number of carbonyl (C=O) groups excluding carboxylic acids is 1. The summed E-state index contributed by atoms with van der Waals surface area (Å²) in [6, 6.07) is 17.4. The van der Waals surface area contributed by atoms with Gasteiger partial charge in [0, 0.05) is 36.7 Å². The van der Waals surface area contributed by atoms with E-state index in [-0.39, 0.29) is 12.1 Å². The van der Waals surface area contributed by atoms with Gasteiger partial charge in [-0.15, -0.1) is 0 Å². The molecule has 4 nitrogen and oxygen atoms in total. The van der Waals surface area contributed by atoms with Gasteiger partial charge in [-0.05, 0) is 55.9 Å². The fraction of sp³-hybridized carbons (Fsp3) is 0.435. The van der Waals surface area contributed by atoms with Crippen molar-refractivity contribution in [1.82, 2.24) is 4.90 Å². The van der Waals surface area contributed by atoms with Crippen LogP contribution < -0.4 is 9.80 Å². The lowest BCUT2D eigenvalue weighted by Crippen LogP contribution is -2.51. The number of carbonyl (C=O) groups is 1. The number of halogens is 1. The number of likely N-dealkylation sites (tertiary alicyclic amines) is 1. The first-order chi connectivity index (χ1) is 13.7. The quantitative estimate of drug-likeness (QED) is 0.734. The second-order valence-electron chi connectivity index (χ2n) is 8.13. The van der Waals surface area contributed by atoms with Crippen molar-refractivity contribution < 1.29 is 4.79 Å². The summed E-state index contributed by atoms with van der Waals surface area (Å²) in [5.74, 6) is 0. The third-order valence-electron chi connectivity index (χ3n) is 6.30. The van der Waals surface area contributed by atoms with Crippen LogP contribution in [0.5, 0.6) is 0 Å². The van der Waals surface area contributed by atoms with Crippen LogP contribution in [0.4, 0.5) is 16.2 Å². The van der Waals surface area contributed by atoms with E-state index in [4.69, 9.17) is 11.6 Å². The average Bonchev–Trinajstić information content (AvgIpc) is 3.47. The zero-order chi connectivity index (χ0) is 19.1. The van der Waals surface area contributed by atoms with Crippen LogP contribution in [0.3, 0.4) is 0 Å². The van der Waals surface area contributed by atoms with E-state index in [1.54, 1.807) is 0 Å². The van der Waals surface area contributed by atoms with Crippen molar-refractivity contribution in [2.75, 3.05) is 29.4 Å². The molecule has 2 aliphatic heterocycles. The molecule has 2 fully saturated rings. The first kappa shape index (κ1) is 17.9. The van der Waals surface area contributed by atoms with Crippen LogP contribution in [0.2, 0.25) is 5.02 Å². The topological polar surface area (TPSA) is 26.8 Å². The number of amides is 2. The van der Waals surface area contributed by atoms with Crippen LogP contribution in [0.15, 0.2) is 48.5 Å². The third kappa shape index (κ3) is 3.24. The molecule has 1 saturated heterocycles. The smallest absolute Gasteiger partial charge is 0.324 e. The van der Waals surface area contributed by atoms with Crippen molar-refractivity contribution >= 4 is 29.0 Å². The lowest BCUT2D eigenvalue weighted by atomic mass is 10.0. The van der Waals surface area contributed by atoms with E-state index in [0.717, 1.165) is 55.2 Å². The first-order valence-electron chi connectivity index (χ1n) is 10.4. The number of nitrogens with zero attached hydrogens (tertiary/aromatic N) is 3. The van der Waals surface area contributed by atoms with E-state index in [2.05, 4.69) is 34.1 Å². The van der Waals surface area contributed by atoms with E-state index in [0.29, 0.717) is 6.04 Å². The molecule has 1 unspecified atom stereocenters. The highest BCUT2D eigenvalue weighted by Gasteiger charge is 2.38. The molecule has 1 saturated carbocycles. The third-order valence-corrected chi connectivity index (χ3v) is 6.67. The minimum absolute atomic E-state index is 0.150. The Morgan fingerprint density at radius 3 is 2.46 bits per heavy atom. The number of urea groups is 1. The Morgan fingerprint density at radius 2 is 1.68 bits per heavy atom. The monoisotopic (exact) mass is 395 g/mol. The van der Waals surface area contributed by atoms with Crippen LogP contribution in [-0.2, 0) is 6.42 Å². The second-order valence-corrected chi connectivity index (χ2v) is 8.54. The maximum Gasteiger partial charge on any atom is 0.324 e. The Balaban J connectivity index is 1.38. The largest absolute Gasteiger partial charge is 0.365 e. The molecule has 2 heterocycles. The van der Waals surface area contributed by atoms with E-state index in [1.165, 1.54) is 18.5 Å². The molecule has 1 atom stereocenters. The molecule has 0 aromatic heterocycles. The van der Waals surface area contributed by atoms with E-state index < -0.39 is 0 Å². The van der Waals surface area contributed by atoms with Crippen molar-refractivity contribution in [2.24, 2.45) is 0 Å². The Morgan fingerprint density at radius 1 is 0.929 bits per heavy atom. The number of fused-ring (bicyclic) bond motifs is 1. The van der Waals surface area contributed by atoms with Gasteiger partial charge in [-0.3, -0.25) is 4.90 Å². The normalized spacial score (nSPS) is 21.8. The molecule has 0 radical (unpaired) electrons. The SMILES string of the molecule is O=C(N1CCN(C2CC2)c2ccccc21)N1CCCC1Cc1ccccc1Cl. The highest BCUT2D eigenvalue weighted by Crippen LogP contribution is 2.40. The number of benzene rings is 2. The molecule has 146 valence electrons. The lowest BCUT2D eigenvalue weighted by Gasteiger charge is -2.40. The molecule has 5 rings (SSSR count). The van der Waals surface area contributed by atoms with Gasteiger partial charge < -0.3 is 9.80 Å². The molecule has 0 N–H and O–H groups in total. The predicted molar refractivity (Wildman–Crippen MR) is 114 cm³/mol. The van der Waals surface area contributed by atoms with Gasteiger partial charge in [0.15, 0.2) is 0 Å². The molecule has 0 spiro atoms. The highest BCUT2D eigenvalue weighted by atomic mass is 35.5. The lowest BCUT2D eigenvalue weighted by molar-refractivity contribution is 0.199. The summed E-state index contributed by atoms with van der Waals surface area (Å²) < 4.78 is 0. The summed E-state index contributed by atoms with van der Waals surface area (Å²) in [5, 5.41) is 0.796. The van der Waals surface area contributed by atoms with Crippen molar-refractivity contribution in [3.63, 3.8) is 0 Å². The molecule has 2 aromatic rings. The zero-order valence-corrected chi connectivity index (χ0v) is 16.8. The Labute approximate surface area is 171 Å². The van der Waals surface area contributed by atoms with Crippen molar-refractivity contribution in [2.45, 2.75) is 44.2 Å². The van der Waals surface area contributed by atoms with Crippen LogP contribution in [0.25, 0.3) is 0 Å². The van der Waals surface area contributed by atoms with E-state index in [9.17, 15) is 4.79 Å². The van der Waals surface area contributed by atoms with E-state index >= 15 is 0 Å². The number of hydrogen-bond donors (Lipinski definition) is 0. The van der Waals surface area contributed by atoms with Crippen molar-refractivity contribution in [3.05, 3.63) is 59.1 Å². The molecule has 5 heteroatoms. The number of hydrogen-bond acceptors (Lipinski definition) is 2. The Hall–Kier alpha value is -2.20. The Bertz CT molecular complexity index is 882. The molecular formula is C23H26ClN3O. The minimum Gasteiger partial charge on any atom is -0.365 e. The van der Waals surface area contributed by atoms with Crippen LogP contribution >= 0.6 is 11.6 Å². The summed E-state index contributed by atoms with van der Waals surface area (Å²) in [7, 11) is 0. The number of rotatable bonds is 3. The maximum absolute atomic E-state index is 13.5. The molecule has 0 bridgehead atoms. The predicted octanol–water partition coefficient (Wildman–Crippen LogP) is 4.96. The van der Waals surface area contributed by atoms with Gasteiger partial charge in [0.2, 0.25) is 0 Å². The van der Waals surface area contributed by atoms with Crippen LogP contribution in [-0.4, -0.2) is 42.6 Å². The van der Waals surface area contributed by atoms with Gasteiger partial charge in [0.1, 0.15) is 0 Å². The molecule has 3 aliphatic rings. The molecule has 28 heavy (non-hydrogen) atoms. The average molecular weight is 396 g/mol. The first-order valence-corrected chi connectivity index (χ1v) is 10.8. The highest BCUT2D eigenvalue weighted by molar-refractivity contribution is 6.31. The summed E-state index contributed by atoms with van der Waals surface area (Å²) in [6.07, 6.45) is 5.48. The fourth-order valence-corrected chi connectivity index (χ4v) is 4.93. The van der Waals surface area contributed by atoms with Crippen molar-refractivity contribution in [1.29, 1.82) is 0 Å².